The van der Waals surface area contributed by atoms with Crippen molar-refractivity contribution in [3.8, 4) is 0 Å². The molecule has 2 atom stereocenters. The van der Waals surface area contributed by atoms with E-state index < -0.39 is 6.29 Å². The maximum absolute atomic E-state index is 11.8. The summed E-state index contributed by atoms with van der Waals surface area (Å²) in [5.74, 6) is 0. The maximum atomic E-state index is 11.8. The summed E-state index contributed by atoms with van der Waals surface area (Å²) in [6.45, 7) is 4.83. The highest BCUT2D eigenvalue weighted by Gasteiger charge is 2.40. The number of nitrogens with zero attached hydrogens (tertiary/aromatic N) is 1. The number of hydrogen-bond donors (Lipinski definition) is 0. The van der Waals surface area contributed by atoms with Crippen LogP contribution < -0.4 is 0 Å². The van der Waals surface area contributed by atoms with Crippen molar-refractivity contribution in [1.29, 1.82) is 0 Å². The van der Waals surface area contributed by atoms with Gasteiger partial charge in [-0.05, 0) is 18.4 Å². The Kier molecular flexibility index (Phi) is 5.01. The standard InChI is InChI=1S/C16H23NO3/c1-3-5-11-19-15-12-16(4-2,13-17(18)20-15)14-9-7-6-8-10-14/h6-10,13,15H,3-5,11-12H2,1-2H3. The molecule has 20 heavy (non-hydrogen) atoms. The van der Waals surface area contributed by atoms with Crippen LogP contribution in [0.5, 0.6) is 0 Å². The van der Waals surface area contributed by atoms with E-state index in [1.54, 1.807) is 6.21 Å². The maximum Gasteiger partial charge on any atom is 0.220 e. The monoisotopic (exact) mass is 277 g/mol. The molecular weight excluding hydrogens is 254 g/mol. The predicted octanol–water partition coefficient (Wildman–Crippen LogP) is 3.39. The minimum absolute atomic E-state index is 0.307. The number of benzene rings is 1. The van der Waals surface area contributed by atoms with E-state index in [2.05, 4.69) is 26.0 Å². The van der Waals surface area contributed by atoms with Crippen LogP contribution in [0.4, 0.5) is 0 Å². The Morgan fingerprint density at radius 1 is 1.35 bits per heavy atom. The van der Waals surface area contributed by atoms with Gasteiger partial charge in [-0.2, -0.15) is 0 Å². The second-order valence-corrected chi connectivity index (χ2v) is 5.25. The molecule has 2 rings (SSSR count). The van der Waals surface area contributed by atoms with Gasteiger partial charge in [0.25, 0.3) is 0 Å². The molecular formula is C16H23NO3. The normalized spacial score (nSPS) is 25.9. The molecule has 0 saturated heterocycles. The van der Waals surface area contributed by atoms with Crippen LogP contribution >= 0.6 is 0 Å². The van der Waals surface area contributed by atoms with Crippen LogP contribution in [0.15, 0.2) is 30.3 Å². The van der Waals surface area contributed by atoms with E-state index in [1.165, 1.54) is 0 Å². The zero-order valence-electron chi connectivity index (χ0n) is 12.2. The molecule has 4 nitrogen and oxygen atoms in total. The van der Waals surface area contributed by atoms with Crippen LogP contribution in [0.3, 0.4) is 0 Å². The quantitative estimate of drug-likeness (QED) is 0.591. The zero-order valence-corrected chi connectivity index (χ0v) is 12.2. The SMILES string of the molecule is CCCCOC1CC(CC)(c2ccccc2)C=[N+]([O-])O1. The highest BCUT2D eigenvalue weighted by atomic mass is 16.9. The second kappa shape index (κ2) is 6.75. The first-order valence-electron chi connectivity index (χ1n) is 7.36. The summed E-state index contributed by atoms with van der Waals surface area (Å²) in [6.07, 6.45) is 4.72. The zero-order chi connectivity index (χ0) is 14.4. The summed E-state index contributed by atoms with van der Waals surface area (Å²) in [4.78, 5) is 5.78. The molecule has 1 aromatic rings. The van der Waals surface area contributed by atoms with Crippen molar-refractivity contribution in [2.45, 2.75) is 51.2 Å². The molecule has 0 fully saturated rings. The average molecular weight is 277 g/mol. The Bertz CT molecular complexity index is 446. The van der Waals surface area contributed by atoms with Crippen molar-refractivity contribution in [2.75, 3.05) is 6.61 Å². The molecule has 1 heterocycles. The van der Waals surface area contributed by atoms with Crippen LogP contribution in [0.2, 0.25) is 0 Å². The second-order valence-electron chi connectivity index (χ2n) is 5.25. The third kappa shape index (κ3) is 3.31. The van der Waals surface area contributed by atoms with Crippen LogP contribution in [0.25, 0.3) is 0 Å². The fraction of sp³-hybridized carbons (Fsp3) is 0.562. The summed E-state index contributed by atoms with van der Waals surface area (Å²) in [6, 6.07) is 10.1. The molecule has 1 aliphatic rings. The van der Waals surface area contributed by atoms with Crippen molar-refractivity contribution in [2.24, 2.45) is 0 Å². The van der Waals surface area contributed by atoms with Crippen molar-refractivity contribution >= 4 is 6.21 Å². The average Bonchev–Trinajstić information content (AvgIpc) is 2.48. The van der Waals surface area contributed by atoms with Crippen LogP contribution in [-0.2, 0) is 15.0 Å². The van der Waals surface area contributed by atoms with Crippen LogP contribution in [-0.4, -0.2) is 24.0 Å². The largest absolute Gasteiger partial charge is 0.372 e. The minimum atomic E-state index is -0.468. The lowest BCUT2D eigenvalue weighted by molar-refractivity contribution is -0.770. The van der Waals surface area contributed by atoms with Crippen molar-refractivity contribution in [3.05, 3.63) is 41.1 Å². The van der Waals surface area contributed by atoms with Gasteiger partial charge in [0.1, 0.15) is 0 Å². The molecule has 0 saturated carbocycles. The summed E-state index contributed by atoms with van der Waals surface area (Å²) >= 11 is 0. The molecule has 0 aromatic heterocycles. The Labute approximate surface area is 120 Å². The van der Waals surface area contributed by atoms with Gasteiger partial charge in [-0.3, -0.25) is 5.21 Å². The lowest BCUT2D eigenvalue weighted by Gasteiger charge is -2.35. The van der Waals surface area contributed by atoms with Crippen LogP contribution in [0.1, 0.15) is 45.1 Å². The molecule has 2 unspecified atom stereocenters. The van der Waals surface area contributed by atoms with Crippen molar-refractivity contribution in [1.82, 2.24) is 0 Å². The van der Waals surface area contributed by atoms with Gasteiger partial charge >= 0.3 is 0 Å². The molecule has 0 bridgehead atoms. The number of rotatable bonds is 6. The van der Waals surface area contributed by atoms with Crippen molar-refractivity contribution in [3.63, 3.8) is 0 Å². The molecule has 0 N–H and O–H groups in total. The van der Waals surface area contributed by atoms with Gasteiger partial charge in [0, 0.05) is 17.9 Å². The van der Waals surface area contributed by atoms with Gasteiger partial charge in [-0.15, -0.1) is 0 Å². The lowest BCUT2D eigenvalue weighted by Crippen LogP contribution is -2.43. The van der Waals surface area contributed by atoms with Gasteiger partial charge < -0.3 is 9.57 Å². The highest BCUT2D eigenvalue weighted by molar-refractivity contribution is 5.70. The molecule has 1 aromatic carbocycles. The summed E-state index contributed by atoms with van der Waals surface area (Å²) in [5.41, 5.74) is 0.828. The molecule has 0 aliphatic carbocycles. The predicted molar refractivity (Wildman–Crippen MR) is 78.5 cm³/mol. The van der Waals surface area contributed by atoms with E-state index >= 15 is 0 Å². The Balaban J connectivity index is 2.18. The molecule has 1 aliphatic heterocycles. The van der Waals surface area contributed by atoms with Gasteiger partial charge in [0.05, 0.1) is 5.41 Å². The fourth-order valence-corrected chi connectivity index (χ4v) is 2.59. The smallest absolute Gasteiger partial charge is 0.220 e. The molecule has 0 spiro atoms. The third-order valence-corrected chi connectivity index (χ3v) is 3.89. The molecule has 0 amide bonds. The van der Waals surface area contributed by atoms with E-state index in [0.29, 0.717) is 17.9 Å². The number of hydrogen-bond acceptors (Lipinski definition) is 3. The fourth-order valence-electron chi connectivity index (χ4n) is 2.59. The molecule has 110 valence electrons. The van der Waals surface area contributed by atoms with E-state index in [-0.39, 0.29) is 5.41 Å². The van der Waals surface area contributed by atoms with E-state index in [9.17, 15) is 5.21 Å². The van der Waals surface area contributed by atoms with E-state index in [0.717, 1.165) is 24.8 Å². The van der Waals surface area contributed by atoms with E-state index in [1.807, 2.05) is 18.2 Å². The van der Waals surface area contributed by atoms with E-state index in [4.69, 9.17) is 9.57 Å². The van der Waals surface area contributed by atoms with Gasteiger partial charge in [0.15, 0.2) is 6.29 Å². The van der Waals surface area contributed by atoms with Crippen molar-refractivity contribution < 1.29 is 14.5 Å². The Morgan fingerprint density at radius 2 is 2.10 bits per heavy atom. The number of unbranched alkanes of at least 4 members (excludes halogenated alkanes) is 1. The first-order chi connectivity index (χ1) is 9.70. The van der Waals surface area contributed by atoms with Gasteiger partial charge in [-0.1, -0.05) is 50.6 Å². The summed E-state index contributed by atoms with van der Waals surface area (Å²) in [5, 5.41) is 11.8. The first kappa shape index (κ1) is 14.9. The summed E-state index contributed by atoms with van der Waals surface area (Å²) in [7, 11) is 0. The lowest BCUT2D eigenvalue weighted by atomic mass is 9.76. The van der Waals surface area contributed by atoms with Gasteiger partial charge in [0.2, 0.25) is 6.21 Å². The Morgan fingerprint density at radius 3 is 2.75 bits per heavy atom. The molecule has 0 radical (unpaired) electrons. The summed E-state index contributed by atoms with van der Waals surface area (Å²) < 4.78 is 5.69. The van der Waals surface area contributed by atoms with Crippen LogP contribution in [0, 0.1) is 5.21 Å². The third-order valence-electron chi connectivity index (χ3n) is 3.89. The number of ether oxygens (including phenoxy) is 1. The minimum Gasteiger partial charge on any atom is -0.372 e. The Hall–Kier alpha value is -1.55. The highest BCUT2D eigenvalue weighted by Crippen LogP contribution is 2.34. The first-order valence-corrected chi connectivity index (χ1v) is 7.36. The molecule has 4 heteroatoms. The topological polar surface area (TPSA) is 44.5 Å². The van der Waals surface area contributed by atoms with Gasteiger partial charge in [-0.25, -0.2) is 0 Å².